The summed E-state index contributed by atoms with van der Waals surface area (Å²) in [5, 5.41) is 20.3. The second-order valence-corrected chi connectivity index (χ2v) is 4.09. The van der Waals surface area contributed by atoms with Gasteiger partial charge in [0.15, 0.2) is 0 Å². The lowest BCUT2D eigenvalue weighted by molar-refractivity contribution is -0.151. The lowest BCUT2D eigenvalue weighted by Crippen LogP contribution is -2.46. The van der Waals surface area contributed by atoms with Crippen molar-refractivity contribution in [1.29, 1.82) is 0 Å². The molecule has 3 N–H and O–H groups in total. The molecule has 0 unspecified atom stereocenters. The van der Waals surface area contributed by atoms with Crippen LogP contribution in [0.5, 0.6) is 0 Å². The van der Waals surface area contributed by atoms with Crippen molar-refractivity contribution in [2.24, 2.45) is 0 Å². The number of ether oxygens (including phenoxy) is 1. The predicted octanol–water partition coefficient (Wildman–Crippen LogP) is 0.273. The van der Waals surface area contributed by atoms with E-state index in [1.165, 1.54) is 6.82 Å². The molecular formula is C12H16BNO5. The number of nitrogens with one attached hydrogen (secondary N) is 1. The number of carbonyl (C=O) groups is 2. The first-order chi connectivity index (χ1) is 8.99. The quantitative estimate of drug-likeness (QED) is 0.484. The number of hydrogen-bond acceptors (Lipinski definition) is 5. The highest BCUT2D eigenvalue weighted by atomic mass is 16.5. The summed E-state index contributed by atoms with van der Waals surface area (Å²) in [7, 11) is -0.992. The number of hydrogen-bond donors (Lipinski definition) is 3. The number of rotatable bonds is 7. The van der Waals surface area contributed by atoms with Crippen LogP contribution in [-0.4, -0.2) is 35.2 Å². The Morgan fingerprint density at radius 2 is 2.00 bits per heavy atom. The first-order valence-electron chi connectivity index (χ1n) is 5.85. The summed E-state index contributed by atoms with van der Waals surface area (Å²) in [6, 6.07) is 7.98. The molecule has 0 aliphatic rings. The molecule has 1 rings (SSSR count). The Balaban J connectivity index is 2.54. The minimum Gasteiger partial charge on any atom is -0.481 e. The number of aliphatic carboxylic acids is 1. The maximum absolute atomic E-state index is 11.7. The van der Waals surface area contributed by atoms with E-state index >= 15 is 0 Å². The fourth-order valence-corrected chi connectivity index (χ4v) is 1.51. The van der Waals surface area contributed by atoms with E-state index in [1.807, 2.05) is 18.2 Å². The fourth-order valence-electron chi connectivity index (χ4n) is 1.51. The normalized spacial score (nSPS) is 11.7. The van der Waals surface area contributed by atoms with Crippen molar-refractivity contribution in [2.45, 2.75) is 25.9 Å². The molecule has 19 heavy (non-hydrogen) atoms. The van der Waals surface area contributed by atoms with E-state index in [0.29, 0.717) is 0 Å². The molecule has 7 heteroatoms. The van der Waals surface area contributed by atoms with Crippen LogP contribution < -0.4 is 5.23 Å². The van der Waals surface area contributed by atoms with Crippen LogP contribution in [0.1, 0.15) is 12.0 Å². The zero-order valence-electron chi connectivity index (χ0n) is 10.6. The molecule has 0 heterocycles. The fraction of sp³-hybridized carbons (Fsp3) is 0.333. The van der Waals surface area contributed by atoms with Gasteiger partial charge in [0.2, 0.25) is 0 Å². The third kappa shape index (κ3) is 6.03. The Kier molecular flexibility index (Phi) is 6.04. The first kappa shape index (κ1) is 15.2. The van der Waals surface area contributed by atoms with Gasteiger partial charge < -0.3 is 20.1 Å². The van der Waals surface area contributed by atoms with Gasteiger partial charge in [0.25, 0.3) is 0 Å². The number of carbonyl (C=O) groups excluding carboxylic acids is 1. The van der Waals surface area contributed by atoms with Gasteiger partial charge in [-0.3, -0.25) is 9.59 Å². The van der Waals surface area contributed by atoms with Gasteiger partial charge in [-0.15, -0.1) is 0 Å². The van der Waals surface area contributed by atoms with Gasteiger partial charge >= 0.3 is 19.0 Å². The molecule has 0 aromatic heterocycles. The van der Waals surface area contributed by atoms with E-state index < -0.39 is 31.5 Å². The Bertz CT molecular complexity index is 423. The molecule has 1 atom stereocenters. The summed E-state index contributed by atoms with van der Waals surface area (Å²) < 4.78 is 5.02. The summed E-state index contributed by atoms with van der Waals surface area (Å²) >= 11 is 0. The van der Waals surface area contributed by atoms with Crippen LogP contribution in [0.3, 0.4) is 0 Å². The molecule has 6 nitrogen and oxygen atoms in total. The lowest BCUT2D eigenvalue weighted by atomic mass is 9.87. The van der Waals surface area contributed by atoms with Crippen molar-refractivity contribution in [1.82, 2.24) is 5.23 Å². The molecule has 0 spiro atoms. The molecule has 0 radical (unpaired) electrons. The molecule has 0 aliphatic carbocycles. The summed E-state index contributed by atoms with van der Waals surface area (Å²) in [5.74, 6) is -1.85. The standard InChI is InChI=1S/C12H16BNO5/c1-13(18)14-10(7-11(15)16)12(17)19-8-9-5-3-2-4-6-9/h2-6,10,14,18H,7-8H2,1H3,(H,15,16)/t10-/m0/s1. The van der Waals surface area contributed by atoms with E-state index in [2.05, 4.69) is 5.23 Å². The SMILES string of the molecule is CB(O)N[C@@H](CC(=O)O)C(=O)OCc1ccccc1. The molecule has 0 fully saturated rings. The van der Waals surface area contributed by atoms with Crippen LogP contribution in [-0.2, 0) is 20.9 Å². The highest BCUT2D eigenvalue weighted by Crippen LogP contribution is 2.04. The van der Waals surface area contributed by atoms with Gasteiger partial charge in [0.1, 0.15) is 12.6 Å². The Morgan fingerprint density at radius 3 is 2.53 bits per heavy atom. The lowest BCUT2D eigenvalue weighted by Gasteiger charge is -2.16. The van der Waals surface area contributed by atoms with Crippen LogP contribution in [0.25, 0.3) is 0 Å². The minimum absolute atomic E-state index is 0.0667. The highest BCUT2D eigenvalue weighted by molar-refractivity contribution is 6.46. The van der Waals surface area contributed by atoms with Gasteiger partial charge in [-0.25, -0.2) is 0 Å². The Morgan fingerprint density at radius 1 is 1.37 bits per heavy atom. The van der Waals surface area contributed by atoms with E-state index in [0.717, 1.165) is 5.56 Å². The average Bonchev–Trinajstić information content (AvgIpc) is 2.35. The van der Waals surface area contributed by atoms with Crippen LogP contribution in [0.15, 0.2) is 30.3 Å². The number of carboxylic acids is 1. The first-order valence-corrected chi connectivity index (χ1v) is 5.85. The van der Waals surface area contributed by atoms with Crippen molar-refractivity contribution in [3.05, 3.63) is 35.9 Å². The van der Waals surface area contributed by atoms with Gasteiger partial charge in [-0.05, 0) is 12.4 Å². The van der Waals surface area contributed by atoms with Crippen LogP contribution >= 0.6 is 0 Å². The minimum atomic E-state index is -1.14. The Labute approximate surface area is 111 Å². The maximum atomic E-state index is 11.7. The van der Waals surface area contributed by atoms with E-state index in [-0.39, 0.29) is 6.61 Å². The van der Waals surface area contributed by atoms with Gasteiger partial charge in [-0.2, -0.15) is 0 Å². The largest absolute Gasteiger partial charge is 0.481 e. The number of carboxylic acid groups (broad SMARTS) is 1. The van der Waals surface area contributed by atoms with Crippen molar-refractivity contribution in [2.75, 3.05) is 0 Å². The predicted molar refractivity (Wildman–Crippen MR) is 69.3 cm³/mol. The van der Waals surface area contributed by atoms with E-state index in [9.17, 15) is 9.59 Å². The maximum Gasteiger partial charge on any atom is 0.374 e. The second kappa shape index (κ2) is 7.55. The molecule has 0 saturated carbocycles. The summed E-state index contributed by atoms with van der Waals surface area (Å²) in [6.07, 6.45) is -0.446. The molecule has 1 aromatic carbocycles. The summed E-state index contributed by atoms with van der Waals surface area (Å²) in [6.45, 7) is 1.47. The number of esters is 1. The monoisotopic (exact) mass is 265 g/mol. The molecule has 0 aliphatic heterocycles. The third-order valence-electron chi connectivity index (χ3n) is 2.33. The third-order valence-corrected chi connectivity index (χ3v) is 2.33. The summed E-state index contributed by atoms with van der Waals surface area (Å²) in [5.41, 5.74) is 0.807. The van der Waals surface area contributed by atoms with Crippen LogP contribution in [0, 0.1) is 0 Å². The van der Waals surface area contributed by atoms with Crippen molar-refractivity contribution in [3.8, 4) is 0 Å². The van der Waals surface area contributed by atoms with Crippen LogP contribution in [0.2, 0.25) is 6.82 Å². The molecule has 0 bridgehead atoms. The van der Waals surface area contributed by atoms with Gasteiger partial charge in [0.05, 0.1) is 6.42 Å². The van der Waals surface area contributed by atoms with Gasteiger partial charge in [0, 0.05) is 0 Å². The van der Waals surface area contributed by atoms with Crippen molar-refractivity contribution in [3.63, 3.8) is 0 Å². The van der Waals surface area contributed by atoms with E-state index in [1.54, 1.807) is 12.1 Å². The van der Waals surface area contributed by atoms with Crippen molar-refractivity contribution < 1.29 is 24.5 Å². The van der Waals surface area contributed by atoms with Crippen molar-refractivity contribution >= 4 is 19.0 Å². The zero-order chi connectivity index (χ0) is 14.3. The second-order valence-electron chi connectivity index (χ2n) is 4.09. The topological polar surface area (TPSA) is 95.9 Å². The molecule has 102 valence electrons. The van der Waals surface area contributed by atoms with E-state index in [4.69, 9.17) is 14.9 Å². The summed E-state index contributed by atoms with van der Waals surface area (Å²) in [4.78, 5) is 22.4. The zero-order valence-corrected chi connectivity index (χ0v) is 10.6. The Hall–Kier alpha value is -1.86. The van der Waals surface area contributed by atoms with Gasteiger partial charge in [-0.1, -0.05) is 30.3 Å². The molecule has 1 aromatic rings. The highest BCUT2D eigenvalue weighted by Gasteiger charge is 2.25. The average molecular weight is 265 g/mol. The molecular weight excluding hydrogens is 249 g/mol. The molecule has 0 saturated heterocycles. The smallest absolute Gasteiger partial charge is 0.374 e. The number of benzene rings is 1. The van der Waals surface area contributed by atoms with Crippen LogP contribution in [0.4, 0.5) is 0 Å². The molecule has 0 amide bonds.